The van der Waals surface area contributed by atoms with E-state index in [4.69, 9.17) is 11.6 Å². The zero-order chi connectivity index (χ0) is 10.8. The van der Waals surface area contributed by atoms with E-state index < -0.39 is 0 Å². The minimum Gasteiger partial charge on any atom is -0.365 e. The summed E-state index contributed by atoms with van der Waals surface area (Å²) < 4.78 is 0. The molecule has 1 aromatic heterocycles. The highest BCUT2D eigenvalue weighted by molar-refractivity contribution is 6.31. The van der Waals surface area contributed by atoms with E-state index in [-0.39, 0.29) is 0 Å². The summed E-state index contributed by atoms with van der Waals surface area (Å²) >= 11 is 6.04. The zero-order valence-electron chi connectivity index (χ0n) is 9.18. The van der Waals surface area contributed by atoms with Crippen LogP contribution in [-0.2, 0) is 0 Å². The van der Waals surface area contributed by atoms with Gasteiger partial charge in [0.2, 0.25) is 0 Å². The van der Waals surface area contributed by atoms with Gasteiger partial charge in [-0.15, -0.1) is 0 Å². The maximum Gasteiger partial charge on any atom is 0.171 e. The molecule has 0 amide bonds. The molecular weight excluding hydrogens is 210 g/mol. The molecule has 4 heteroatoms. The van der Waals surface area contributed by atoms with Gasteiger partial charge in [0.15, 0.2) is 11.0 Å². The van der Waals surface area contributed by atoms with Crippen molar-refractivity contribution in [3.05, 3.63) is 16.5 Å². The second kappa shape index (κ2) is 4.35. The van der Waals surface area contributed by atoms with Crippen LogP contribution in [0.3, 0.4) is 0 Å². The zero-order valence-corrected chi connectivity index (χ0v) is 9.93. The molecule has 1 fully saturated rings. The van der Waals surface area contributed by atoms with Crippen LogP contribution in [0.1, 0.15) is 37.1 Å². The van der Waals surface area contributed by atoms with Crippen LogP contribution >= 0.6 is 11.6 Å². The molecule has 0 aliphatic heterocycles. The monoisotopic (exact) mass is 225 g/mol. The third kappa shape index (κ3) is 2.40. The van der Waals surface area contributed by atoms with Crippen molar-refractivity contribution in [2.24, 2.45) is 0 Å². The minimum atomic E-state index is 0.491. The highest BCUT2D eigenvalue weighted by atomic mass is 35.5. The van der Waals surface area contributed by atoms with Crippen LogP contribution in [0.5, 0.6) is 0 Å². The summed E-state index contributed by atoms with van der Waals surface area (Å²) in [6.45, 7) is 3.88. The third-order valence-corrected chi connectivity index (χ3v) is 3.22. The van der Waals surface area contributed by atoms with Gasteiger partial charge in [-0.25, -0.2) is 9.97 Å². The molecule has 2 rings (SSSR count). The van der Waals surface area contributed by atoms with Crippen LogP contribution in [0.4, 0.5) is 5.82 Å². The van der Waals surface area contributed by atoms with E-state index in [2.05, 4.69) is 15.3 Å². The fourth-order valence-corrected chi connectivity index (χ4v) is 2.15. The van der Waals surface area contributed by atoms with E-state index >= 15 is 0 Å². The van der Waals surface area contributed by atoms with Crippen molar-refractivity contribution in [2.75, 3.05) is 5.32 Å². The van der Waals surface area contributed by atoms with Gasteiger partial charge < -0.3 is 5.32 Å². The first-order valence-electron chi connectivity index (χ1n) is 5.44. The first-order valence-corrected chi connectivity index (χ1v) is 5.82. The molecule has 3 nitrogen and oxygen atoms in total. The topological polar surface area (TPSA) is 37.8 Å². The minimum absolute atomic E-state index is 0.491. The summed E-state index contributed by atoms with van der Waals surface area (Å²) in [5.41, 5.74) is 1.84. The smallest absolute Gasteiger partial charge is 0.171 e. The SMILES string of the molecule is Cc1nc(Cl)c(NC2CCCC2)nc1C. The summed E-state index contributed by atoms with van der Waals surface area (Å²) in [6.07, 6.45) is 5.02. The van der Waals surface area contributed by atoms with Gasteiger partial charge in [-0.2, -0.15) is 0 Å². The molecule has 15 heavy (non-hydrogen) atoms. The predicted molar refractivity (Wildman–Crippen MR) is 62.4 cm³/mol. The van der Waals surface area contributed by atoms with Crippen molar-refractivity contribution in [3.8, 4) is 0 Å². The molecule has 0 spiro atoms. The van der Waals surface area contributed by atoms with Crippen LogP contribution in [0.2, 0.25) is 5.15 Å². The molecular formula is C11H16ClN3. The maximum atomic E-state index is 6.04. The van der Waals surface area contributed by atoms with E-state index in [1.807, 2.05) is 13.8 Å². The van der Waals surface area contributed by atoms with Crippen LogP contribution in [0, 0.1) is 13.8 Å². The van der Waals surface area contributed by atoms with Gasteiger partial charge in [-0.05, 0) is 26.7 Å². The lowest BCUT2D eigenvalue weighted by atomic mass is 10.2. The van der Waals surface area contributed by atoms with Crippen molar-refractivity contribution in [1.82, 2.24) is 9.97 Å². The van der Waals surface area contributed by atoms with E-state index in [1.54, 1.807) is 0 Å². The number of halogens is 1. The molecule has 1 aliphatic rings. The fraction of sp³-hybridized carbons (Fsp3) is 0.636. The lowest BCUT2D eigenvalue weighted by Gasteiger charge is -2.14. The van der Waals surface area contributed by atoms with Gasteiger partial charge in [-0.1, -0.05) is 24.4 Å². The Kier molecular flexibility index (Phi) is 3.10. The molecule has 1 heterocycles. The summed E-state index contributed by atoms with van der Waals surface area (Å²) in [5, 5.41) is 3.86. The van der Waals surface area contributed by atoms with Crippen LogP contribution in [0.25, 0.3) is 0 Å². The molecule has 82 valence electrons. The normalized spacial score (nSPS) is 17.0. The van der Waals surface area contributed by atoms with Crippen LogP contribution in [0.15, 0.2) is 0 Å². The number of nitrogens with zero attached hydrogens (tertiary/aromatic N) is 2. The van der Waals surface area contributed by atoms with Gasteiger partial charge >= 0.3 is 0 Å². The van der Waals surface area contributed by atoms with E-state index in [0.717, 1.165) is 17.2 Å². The number of aryl methyl sites for hydroxylation is 2. The third-order valence-electron chi connectivity index (χ3n) is 2.96. The fourth-order valence-electron chi connectivity index (χ4n) is 1.93. The highest BCUT2D eigenvalue weighted by Gasteiger charge is 2.17. The number of anilines is 1. The molecule has 0 radical (unpaired) electrons. The van der Waals surface area contributed by atoms with Crippen LogP contribution < -0.4 is 5.32 Å². The molecule has 0 atom stereocenters. The number of rotatable bonds is 2. The van der Waals surface area contributed by atoms with Gasteiger partial charge in [0, 0.05) is 6.04 Å². The van der Waals surface area contributed by atoms with Crippen LogP contribution in [-0.4, -0.2) is 16.0 Å². The maximum absolute atomic E-state index is 6.04. The van der Waals surface area contributed by atoms with Crippen molar-refractivity contribution in [1.29, 1.82) is 0 Å². The number of hydrogen-bond donors (Lipinski definition) is 1. The molecule has 1 aliphatic carbocycles. The Morgan fingerprint density at radius 1 is 1.13 bits per heavy atom. The Morgan fingerprint density at radius 2 is 1.73 bits per heavy atom. The largest absolute Gasteiger partial charge is 0.365 e. The molecule has 0 unspecified atom stereocenters. The Labute approximate surface area is 95.3 Å². The number of hydrogen-bond acceptors (Lipinski definition) is 3. The standard InChI is InChI=1S/C11H16ClN3/c1-7-8(2)14-11(10(12)13-7)15-9-5-3-4-6-9/h9H,3-6H2,1-2H3,(H,14,15). The van der Waals surface area contributed by atoms with Crippen molar-refractivity contribution in [3.63, 3.8) is 0 Å². The lowest BCUT2D eigenvalue weighted by molar-refractivity contribution is 0.748. The quantitative estimate of drug-likeness (QED) is 0.841. The van der Waals surface area contributed by atoms with Crippen molar-refractivity contribution < 1.29 is 0 Å². The Bertz CT molecular complexity index is 359. The lowest BCUT2D eigenvalue weighted by Crippen LogP contribution is -2.16. The molecule has 1 aromatic rings. The summed E-state index contributed by atoms with van der Waals surface area (Å²) in [7, 11) is 0. The molecule has 1 saturated carbocycles. The number of nitrogens with one attached hydrogen (secondary N) is 1. The number of aromatic nitrogens is 2. The highest BCUT2D eigenvalue weighted by Crippen LogP contribution is 2.25. The van der Waals surface area contributed by atoms with Gasteiger partial charge in [0.05, 0.1) is 11.4 Å². The average molecular weight is 226 g/mol. The summed E-state index contributed by atoms with van der Waals surface area (Å²) in [5.74, 6) is 0.742. The Hall–Kier alpha value is -0.830. The molecule has 1 N–H and O–H groups in total. The Balaban J connectivity index is 2.16. The molecule has 0 aromatic carbocycles. The van der Waals surface area contributed by atoms with Gasteiger partial charge in [0.1, 0.15) is 0 Å². The summed E-state index contributed by atoms with van der Waals surface area (Å²) in [6, 6.07) is 0.527. The second-order valence-electron chi connectivity index (χ2n) is 4.16. The molecule has 0 bridgehead atoms. The second-order valence-corrected chi connectivity index (χ2v) is 4.52. The van der Waals surface area contributed by atoms with E-state index in [1.165, 1.54) is 25.7 Å². The summed E-state index contributed by atoms with van der Waals surface area (Å²) in [4.78, 5) is 8.69. The first-order chi connectivity index (χ1) is 7.16. The predicted octanol–water partition coefficient (Wildman–Crippen LogP) is 3.10. The van der Waals surface area contributed by atoms with Gasteiger partial charge in [-0.3, -0.25) is 0 Å². The Morgan fingerprint density at radius 3 is 2.40 bits per heavy atom. The van der Waals surface area contributed by atoms with E-state index in [9.17, 15) is 0 Å². The van der Waals surface area contributed by atoms with Crippen molar-refractivity contribution in [2.45, 2.75) is 45.6 Å². The first kappa shape index (κ1) is 10.7. The van der Waals surface area contributed by atoms with E-state index in [0.29, 0.717) is 11.2 Å². The molecule has 0 saturated heterocycles. The average Bonchev–Trinajstić information content (AvgIpc) is 2.67. The van der Waals surface area contributed by atoms with Gasteiger partial charge in [0.25, 0.3) is 0 Å². The van der Waals surface area contributed by atoms with Crippen molar-refractivity contribution >= 4 is 17.4 Å².